The largest absolute Gasteiger partial charge is 0.265 e. The van der Waals surface area contributed by atoms with Gasteiger partial charge in [0.25, 0.3) is 0 Å². The maximum absolute atomic E-state index is 3.89. The smallest absolute Gasteiger partial charge is 0.0270 e. The molecule has 0 aromatic carbocycles. The van der Waals surface area contributed by atoms with Crippen LogP contribution in [0.15, 0.2) is 24.5 Å². The summed E-state index contributed by atoms with van der Waals surface area (Å²) in [6.07, 6.45) is 3.63. The highest BCUT2D eigenvalue weighted by Crippen LogP contribution is 2.01. The third-order valence-electron chi connectivity index (χ3n) is 0.904. The van der Waals surface area contributed by atoms with E-state index in [2.05, 4.69) is 27.6 Å². The molecular weight excluding hydrogens is 213 g/mol. The molecule has 1 aromatic rings. The molecular formula is C6H6IN. The molecule has 0 unspecified atom stereocenters. The lowest BCUT2D eigenvalue weighted by molar-refractivity contribution is 1.28. The highest BCUT2D eigenvalue weighted by atomic mass is 127. The Bertz CT molecular complexity index is 150. The van der Waals surface area contributed by atoms with Crippen LogP contribution in [0.5, 0.6) is 0 Å². The summed E-state index contributed by atoms with van der Waals surface area (Å²) in [4.78, 5) is 3.89. The molecule has 0 fully saturated rings. The van der Waals surface area contributed by atoms with Crippen molar-refractivity contribution in [3.05, 3.63) is 30.1 Å². The van der Waals surface area contributed by atoms with E-state index in [0.717, 1.165) is 4.43 Å². The van der Waals surface area contributed by atoms with E-state index in [-0.39, 0.29) is 0 Å². The molecule has 1 heterocycles. The SMILES string of the molecule is ICc1ccncc1. The Morgan fingerprint density at radius 1 is 1.38 bits per heavy atom. The van der Waals surface area contributed by atoms with Crippen LogP contribution < -0.4 is 0 Å². The summed E-state index contributed by atoms with van der Waals surface area (Å²) in [6, 6.07) is 4.04. The number of rotatable bonds is 1. The summed E-state index contributed by atoms with van der Waals surface area (Å²) >= 11 is 2.33. The fourth-order valence-electron chi connectivity index (χ4n) is 0.472. The predicted molar refractivity (Wildman–Crippen MR) is 42.0 cm³/mol. The van der Waals surface area contributed by atoms with Gasteiger partial charge in [0.2, 0.25) is 0 Å². The van der Waals surface area contributed by atoms with Crippen molar-refractivity contribution < 1.29 is 0 Å². The first kappa shape index (κ1) is 6.01. The van der Waals surface area contributed by atoms with Crippen LogP contribution in [-0.2, 0) is 4.43 Å². The molecule has 0 atom stereocenters. The Balaban J connectivity index is 2.83. The number of hydrogen-bond donors (Lipinski definition) is 0. The van der Waals surface area contributed by atoms with Crippen molar-refractivity contribution in [1.29, 1.82) is 0 Å². The quantitative estimate of drug-likeness (QED) is 0.520. The standard InChI is InChI=1S/C6H6IN/c7-5-6-1-3-8-4-2-6/h1-4H,5H2. The Morgan fingerprint density at radius 2 is 2.00 bits per heavy atom. The molecule has 0 aliphatic carbocycles. The van der Waals surface area contributed by atoms with Gasteiger partial charge in [0.15, 0.2) is 0 Å². The maximum Gasteiger partial charge on any atom is 0.0270 e. The monoisotopic (exact) mass is 219 g/mol. The van der Waals surface area contributed by atoms with Gasteiger partial charge in [-0.1, -0.05) is 22.6 Å². The molecule has 0 saturated carbocycles. The van der Waals surface area contributed by atoms with Gasteiger partial charge in [-0.3, -0.25) is 4.98 Å². The van der Waals surface area contributed by atoms with Gasteiger partial charge in [-0.2, -0.15) is 0 Å². The predicted octanol–water partition coefficient (Wildman–Crippen LogP) is 2.02. The van der Waals surface area contributed by atoms with Gasteiger partial charge < -0.3 is 0 Å². The van der Waals surface area contributed by atoms with Crippen molar-refractivity contribution in [2.45, 2.75) is 4.43 Å². The van der Waals surface area contributed by atoms with E-state index in [1.54, 1.807) is 0 Å². The fourth-order valence-corrected chi connectivity index (χ4v) is 0.980. The minimum atomic E-state index is 1.07. The maximum atomic E-state index is 3.89. The van der Waals surface area contributed by atoms with Crippen molar-refractivity contribution >= 4 is 22.6 Å². The molecule has 1 nitrogen and oxygen atoms in total. The van der Waals surface area contributed by atoms with Crippen LogP contribution in [0.4, 0.5) is 0 Å². The minimum Gasteiger partial charge on any atom is -0.265 e. The number of halogens is 1. The molecule has 0 aliphatic heterocycles. The Hall–Kier alpha value is -0.120. The van der Waals surface area contributed by atoms with Crippen LogP contribution in [0.2, 0.25) is 0 Å². The van der Waals surface area contributed by atoms with Gasteiger partial charge in [0.1, 0.15) is 0 Å². The second-order valence-corrected chi connectivity index (χ2v) is 2.25. The average molecular weight is 219 g/mol. The van der Waals surface area contributed by atoms with Crippen LogP contribution in [0.25, 0.3) is 0 Å². The summed E-state index contributed by atoms with van der Waals surface area (Å²) in [6.45, 7) is 0. The van der Waals surface area contributed by atoms with E-state index in [1.807, 2.05) is 24.5 Å². The van der Waals surface area contributed by atoms with Crippen LogP contribution in [0.1, 0.15) is 5.56 Å². The number of pyridine rings is 1. The molecule has 2 heteroatoms. The van der Waals surface area contributed by atoms with Gasteiger partial charge in [0, 0.05) is 16.8 Å². The Labute approximate surface area is 62.3 Å². The highest BCUT2D eigenvalue weighted by Gasteiger charge is 1.82. The van der Waals surface area contributed by atoms with Crippen molar-refractivity contribution in [2.24, 2.45) is 0 Å². The van der Waals surface area contributed by atoms with E-state index in [4.69, 9.17) is 0 Å². The summed E-state index contributed by atoms with van der Waals surface area (Å²) in [5.41, 5.74) is 1.33. The number of nitrogens with zero attached hydrogens (tertiary/aromatic N) is 1. The second-order valence-electron chi connectivity index (χ2n) is 1.49. The zero-order valence-corrected chi connectivity index (χ0v) is 6.50. The summed E-state index contributed by atoms with van der Waals surface area (Å²) in [5.74, 6) is 0. The fraction of sp³-hybridized carbons (Fsp3) is 0.167. The summed E-state index contributed by atoms with van der Waals surface area (Å²) < 4.78 is 1.07. The minimum absolute atomic E-state index is 1.07. The lowest BCUT2D eigenvalue weighted by Crippen LogP contribution is -1.74. The molecule has 0 spiro atoms. The number of aromatic nitrogens is 1. The second kappa shape index (κ2) is 3.02. The van der Waals surface area contributed by atoms with Gasteiger partial charge in [-0.05, 0) is 17.7 Å². The zero-order chi connectivity index (χ0) is 5.82. The Morgan fingerprint density at radius 3 is 2.38 bits per heavy atom. The summed E-state index contributed by atoms with van der Waals surface area (Å²) in [5, 5.41) is 0. The van der Waals surface area contributed by atoms with Crippen molar-refractivity contribution in [3.63, 3.8) is 0 Å². The van der Waals surface area contributed by atoms with Crippen LogP contribution in [0, 0.1) is 0 Å². The van der Waals surface area contributed by atoms with Crippen molar-refractivity contribution in [3.8, 4) is 0 Å². The highest BCUT2D eigenvalue weighted by molar-refractivity contribution is 14.1. The molecule has 0 bridgehead atoms. The average Bonchev–Trinajstić information content (AvgIpc) is 1.90. The zero-order valence-electron chi connectivity index (χ0n) is 4.34. The van der Waals surface area contributed by atoms with E-state index in [9.17, 15) is 0 Å². The van der Waals surface area contributed by atoms with Gasteiger partial charge in [-0.25, -0.2) is 0 Å². The van der Waals surface area contributed by atoms with E-state index >= 15 is 0 Å². The van der Waals surface area contributed by atoms with E-state index in [0.29, 0.717) is 0 Å². The number of hydrogen-bond acceptors (Lipinski definition) is 1. The van der Waals surface area contributed by atoms with Crippen molar-refractivity contribution in [2.75, 3.05) is 0 Å². The summed E-state index contributed by atoms with van der Waals surface area (Å²) in [7, 11) is 0. The van der Waals surface area contributed by atoms with E-state index < -0.39 is 0 Å². The third-order valence-corrected chi connectivity index (χ3v) is 1.78. The molecule has 42 valence electrons. The van der Waals surface area contributed by atoms with Gasteiger partial charge in [-0.15, -0.1) is 0 Å². The lowest BCUT2D eigenvalue weighted by atomic mass is 10.3. The van der Waals surface area contributed by atoms with Gasteiger partial charge in [0.05, 0.1) is 0 Å². The first-order valence-corrected chi connectivity index (χ1v) is 3.91. The Kier molecular flexibility index (Phi) is 2.27. The van der Waals surface area contributed by atoms with Crippen LogP contribution in [0.3, 0.4) is 0 Å². The van der Waals surface area contributed by atoms with Crippen molar-refractivity contribution in [1.82, 2.24) is 4.98 Å². The van der Waals surface area contributed by atoms with Crippen LogP contribution >= 0.6 is 22.6 Å². The number of alkyl halides is 1. The van der Waals surface area contributed by atoms with E-state index in [1.165, 1.54) is 5.56 Å². The first-order chi connectivity index (χ1) is 3.93. The first-order valence-electron chi connectivity index (χ1n) is 2.38. The molecule has 1 aromatic heterocycles. The molecule has 1 rings (SSSR count). The van der Waals surface area contributed by atoms with Gasteiger partial charge >= 0.3 is 0 Å². The molecule has 0 saturated heterocycles. The molecule has 0 amide bonds. The molecule has 8 heavy (non-hydrogen) atoms. The normalized spacial score (nSPS) is 9.12. The molecule has 0 aliphatic rings. The molecule has 0 radical (unpaired) electrons. The molecule has 0 N–H and O–H groups in total. The van der Waals surface area contributed by atoms with Crippen LogP contribution in [-0.4, -0.2) is 4.98 Å². The lowest BCUT2D eigenvalue weighted by Gasteiger charge is -1.87. The third kappa shape index (κ3) is 1.43. The topological polar surface area (TPSA) is 12.9 Å².